The molecule has 0 N–H and O–H groups in total. The highest BCUT2D eigenvalue weighted by Gasteiger charge is 2.18. The molecule has 0 amide bonds. The van der Waals surface area contributed by atoms with Crippen LogP contribution in [0.3, 0.4) is 0 Å². The van der Waals surface area contributed by atoms with Crippen LogP contribution in [0.4, 0.5) is 0 Å². The summed E-state index contributed by atoms with van der Waals surface area (Å²) in [5, 5.41) is 4.25. The van der Waals surface area contributed by atoms with Gasteiger partial charge in [-0.15, -0.1) is 0 Å². The fourth-order valence-corrected chi connectivity index (χ4v) is 7.69. The summed E-state index contributed by atoms with van der Waals surface area (Å²) < 4.78 is 50.2. The van der Waals surface area contributed by atoms with E-state index in [-0.39, 0.29) is 29.7 Å². The Labute approximate surface area is 329 Å². The zero-order chi connectivity index (χ0) is 41.4. The van der Waals surface area contributed by atoms with Gasteiger partial charge in [0.15, 0.2) is 17.5 Å². The number of para-hydroxylation sites is 3. The standard InChI is InChI=1S/C51H32N4O/c1-4-13-33(14-5-1)34-23-25-36(26-24-34)50-52-49(35-15-6-2-7-16-35)53-51(54-50)38-28-30-47-44(32-38)42-21-12-20-40(48(42)56-47)37-27-29-46-43(31-37)41-19-10-11-22-45(41)55(46)39-17-8-3-9-18-39/h1-32H/i1D,4D,5D,13D,14D. The molecule has 0 saturated carbocycles. The highest BCUT2D eigenvalue weighted by molar-refractivity contribution is 6.13. The van der Waals surface area contributed by atoms with Crippen molar-refractivity contribution in [3.05, 3.63) is 194 Å². The zero-order valence-electron chi connectivity index (χ0n) is 34.8. The molecule has 0 aliphatic carbocycles. The summed E-state index contributed by atoms with van der Waals surface area (Å²) in [6, 6.07) is 52.9. The Morgan fingerprint density at radius 2 is 1.00 bits per heavy atom. The van der Waals surface area contributed by atoms with Gasteiger partial charge in [0.25, 0.3) is 0 Å². The Bertz CT molecular complexity index is 3500. The van der Waals surface area contributed by atoms with Gasteiger partial charge >= 0.3 is 0 Å². The van der Waals surface area contributed by atoms with Crippen molar-refractivity contribution in [1.29, 1.82) is 0 Å². The Morgan fingerprint density at radius 3 is 1.79 bits per heavy atom. The normalized spacial score (nSPS) is 12.8. The van der Waals surface area contributed by atoms with Gasteiger partial charge in [0.1, 0.15) is 11.2 Å². The van der Waals surface area contributed by atoms with Crippen LogP contribution < -0.4 is 0 Å². The molecule has 262 valence electrons. The van der Waals surface area contributed by atoms with Gasteiger partial charge < -0.3 is 8.98 Å². The number of hydrogen-bond donors (Lipinski definition) is 0. The number of aromatic nitrogens is 4. The molecule has 56 heavy (non-hydrogen) atoms. The Morgan fingerprint density at radius 1 is 0.411 bits per heavy atom. The van der Waals surface area contributed by atoms with Gasteiger partial charge in [-0.3, -0.25) is 0 Å². The van der Waals surface area contributed by atoms with Crippen LogP contribution in [-0.2, 0) is 0 Å². The van der Waals surface area contributed by atoms with Crippen LogP contribution in [0.25, 0.3) is 106 Å². The number of benzene rings is 8. The molecular weight excluding hydrogens is 685 g/mol. The van der Waals surface area contributed by atoms with Crippen LogP contribution in [0, 0.1) is 0 Å². The quantitative estimate of drug-likeness (QED) is 0.172. The molecular formula is C51H32N4O. The lowest BCUT2D eigenvalue weighted by Gasteiger charge is -2.09. The van der Waals surface area contributed by atoms with Crippen molar-refractivity contribution >= 4 is 43.7 Å². The van der Waals surface area contributed by atoms with E-state index < -0.39 is 6.04 Å². The number of fused-ring (bicyclic) bond motifs is 6. The second-order valence-electron chi connectivity index (χ2n) is 13.7. The highest BCUT2D eigenvalue weighted by atomic mass is 16.3. The number of hydrogen-bond acceptors (Lipinski definition) is 4. The van der Waals surface area contributed by atoms with E-state index in [0.717, 1.165) is 66.3 Å². The summed E-state index contributed by atoms with van der Waals surface area (Å²) in [6.45, 7) is 0. The molecule has 0 bridgehead atoms. The van der Waals surface area contributed by atoms with Gasteiger partial charge in [0.2, 0.25) is 0 Å². The third kappa shape index (κ3) is 5.37. The third-order valence-electron chi connectivity index (χ3n) is 10.4. The van der Waals surface area contributed by atoms with Crippen molar-refractivity contribution < 1.29 is 11.3 Å². The second-order valence-corrected chi connectivity index (χ2v) is 13.7. The first-order valence-electron chi connectivity index (χ1n) is 20.9. The van der Waals surface area contributed by atoms with Gasteiger partial charge in [-0.25, -0.2) is 15.0 Å². The Kier molecular flexibility index (Phi) is 6.29. The van der Waals surface area contributed by atoms with Crippen molar-refractivity contribution in [2.45, 2.75) is 0 Å². The lowest BCUT2D eigenvalue weighted by Crippen LogP contribution is -2.00. The van der Waals surface area contributed by atoms with Gasteiger partial charge in [-0.2, -0.15) is 0 Å². The summed E-state index contributed by atoms with van der Waals surface area (Å²) in [5.74, 6) is 1.41. The van der Waals surface area contributed by atoms with Crippen molar-refractivity contribution in [2.24, 2.45) is 0 Å². The zero-order valence-corrected chi connectivity index (χ0v) is 29.8. The first-order valence-corrected chi connectivity index (χ1v) is 18.4. The van der Waals surface area contributed by atoms with Crippen LogP contribution in [0.5, 0.6) is 0 Å². The van der Waals surface area contributed by atoms with Crippen LogP contribution in [0.2, 0.25) is 0 Å². The van der Waals surface area contributed by atoms with E-state index in [0.29, 0.717) is 28.6 Å². The maximum atomic E-state index is 8.46. The minimum Gasteiger partial charge on any atom is -0.455 e. The third-order valence-corrected chi connectivity index (χ3v) is 10.4. The van der Waals surface area contributed by atoms with Gasteiger partial charge in [0.05, 0.1) is 17.9 Å². The fourth-order valence-electron chi connectivity index (χ4n) is 7.69. The largest absolute Gasteiger partial charge is 0.455 e. The van der Waals surface area contributed by atoms with Crippen LogP contribution >= 0.6 is 0 Å². The summed E-state index contributed by atoms with van der Waals surface area (Å²) in [5.41, 5.74) is 9.91. The lowest BCUT2D eigenvalue weighted by molar-refractivity contribution is 0.670. The Balaban J connectivity index is 1.02. The van der Waals surface area contributed by atoms with E-state index in [4.69, 9.17) is 26.2 Å². The molecule has 0 aliphatic rings. The van der Waals surface area contributed by atoms with E-state index in [1.807, 2.05) is 48.5 Å². The average Bonchev–Trinajstić information content (AvgIpc) is 3.86. The van der Waals surface area contributed by atoms with Gasteiger partial charge in [-0.05, 0) is 65.2 Å². The second kappa shape index (κ2) is 13.0. The number of rotatable bonds is 6. The summed E-state index contributed by atoms with van der Waals surface area (Å²) in [7, 11) is 0. The number of nitrogens with zero attached hydrogens (tertiary/aromatic N) is 4. The molecule has 11 aromatic rings. The number of furan rings is 1. The molecule has 0 radical (unpaired) electrons. The van der Waals surface area contributed by atoms with Crippen LogP contribution in [-0.4, -0.2) is 19.5 Å². The molecule has 11 rings (SSSR count). The highest BCUT2D eigenvalue weighted by Crippen LogP contribution is 2.40. The summed E-state index contributed by atoms with van der Waals surface area (Å²) in [4.78, 5) is 14.8. The Hall–Kier alpha value is -7.63. The van der Waals surface area contributed by atoms with E-state index in [1.165, 1.54) is 5.39 Å². The molecule has 3 heterocycles. The molecule has 0 fully saturated rings. The predicted molar refractivity (Wildman–Crippen MR) is 229 cm³/mol. The van der Waals surface area contributed by atoms with Crippen molar-refractivity contribution in [1.82, 2.24) is 19.5 Å². The molecule has 8 aromatic carbocycles. The molecule has 3 aromatic heterocycles. The fraction of sp³-hybridized carbons (Fsp3) is 0. The molecule has 5 nitrogen and oxygen atoms in total. The van der Waals surface area contributed by atoms with Crippen molar-refractivity contribution in [3.8, 4) is 62.1 Å². The van der Waals surface area contributed by atoms with Crippen molar-refractivity contribution in [3.63, 3.8) is 0 Å². The molecule has 0 atom stereocenters. The monoisotopic (exact) mass is 721 g/mol. The van der Waals surface area contributed by atoms with E-state index in [9.17, 15) is 0 Å². The van der Waals surface area contributed by atoms with E-state index in [2.05, 4.69) is 95.6 Å². The first kappa shape index (κ1) is 27.0. The molecule has 0 saturated heterocycles. The SMILES string of the molecule is [2H]c1c([2H])c([2H])c(-c2ccc(-c3nc(-c4ccccc4)nc(-c4ccc5oc6c(-c7ccc8c(c7)c7ccccc7n8-c7ccccc7)cccc6c5c4)n3)cc2)c([2H])c1[2H]. The first-order chi connectivity index (χ1) is 29.8. The lowest BCUT2D eigenvalue weighted by atomic mass is 10.00. The maximum absolute atomic E-state index is 8.46. The van der Waals surface area contributed by atoms with Crippen molar-refractivity contribution in [2.75, 3.05) is 0 Å². The summed E-state index contributed by atoms with van der Waals surface area (Å²) in [6.07, 6.45) is 0. The van der Waals surface area contributed by atoms with E-state index in [1.54, 1.807) is 24.3 Å². The summed E-state index contributed by atoms with van der Waals surface area (Å²) >= 11 is 0. The minimum atomic E-state index is -0.426. The van der Waals surface area contributed by atoms with Crippen LogP contribution in [0.15, 0.2) is 198 Å². The van der Waals surface area contributed by atoms with Gasteiger partial charge in [-0.1, -0.05) is 145 Å². The van der Waals surface area contributed by atoms with Gasteiger partial charge in [0, 0.05) is 49.5 Å². The minimum absolute atomic E-state index is 0.138. The molecule has 0 aliphatic heterocycles. The maximum Gasteiger partial charge on any atom is 0.164 e. The smallest absolute Gasteiger partial charge is 0.164 e. The molecule has 0 unspecified atom stereocenters. The van der Waals surface area contributed by atoms with E-state index >= 15 is 0 Å². The molecule has 0 spiro atoms. The average molecular weight is 722 g/mol. The molecule has 5 heteroatoms. The predicted octanol–water partition coefficient (Wildman–Crippen LogP) is 13.2. The topological polar surface area (TPSA) is 56.7 Å². The van der Waals surface area contributed by atoms with Crippen LogP contribution in [0.1, 0.15) is 6.85 Å².